The maximum Gasteiger partial charge on any atom is 0.270 e. The summed E-state index contributed by atoms with van der Waals surface area (Å²) in [6.07, 6.45) is 0.681. The third-order valence-corrected chi connectivity index (χ3v) is 4.11. The van der Waals surface area contributed by atoms with Crippen molar-refractivity contribution >= 4 is 27.7 Å². The van der Waals surface area contributed by atoms with Crippen molar-refractivity contribution in [3.05, 3.63) is 45.8 Å². The first-order chi connectivity index (χ1) is 9.59. The number of halogens is 2. The van der Waals surface area contributed by atoms with Crippen LogP contribution in [-0.2, 0) is 0 Å². The van der Waals surface area contributed by atoms with Crippen LogP contribution in [-0.4, -0.2) is 22.2 Å². The molecule has 3 N–H and O–H groups in total. The minimum atomic E-state index is -0.618. The fourth-order valence-electron chi connectivity index (χ4n) is 2.44. The SMILES string of the molecule is NC(=O)c1nn2c(c1Br)NCCC2c1ccccc1F. The van der Waals surface area contributed by atoms with E-state index in [1.807, 2.05) is 0 Å². The Kier molecular flexibility index (Phi) is 3.21. The number of carbonyl (C=O) groups excluding carboxylic acids is 1. The molecule has 1 aromatic heterocycles. The average Bonchev–Trinajstić information content (AvgIpc) is 2.77. The van der Waals surface area contributed by atoms with Crippen molar-refractivity contribution in [2.75, 3.05) is 11.9 Å². The van der Waals surface area contributed by atoms with Crippen LogP contribution in [0.1, 0.15) is 28.5 Å². The molecule has 1 aliphatic rings. The van der Waals surface area contributed by atoms with Gasteiger partial charge in [-0.25, -0.2) is 9.07 Å². The van der Waals surface area contributed by atoms with Crippen molar-refractivity contribution < 1.29 is 9.18 Å². The first-order valence-electron chi connectivity index (χ1n) is 6.15. The Morgan fingerprint density at radius 3 is 2.95 bits per heavy atom. The lowest BCUT2D eigenvalue weighted by Crippen LogP contribution is -2.25. The van der Waals surface area contributed by atoms with Crippen LogP contribution < -0.4 is 11.1 Å². The zero-order valence-corrected chi connectivity index (χ0v) is 12.0. The van der Waals surface area contributed by atoms with E-state index in [0.717, 1.165) is 0 Å². The number of anilines is 1. The van der Waals surface area contributed by atoms with Crippen LogP contribution in [0.4, 0.5) is 10.2 Å². The zero-order chi connectivity index (χ0) is 14.3. The van der Waals surface area contributed by atoms with Crippen LogP contribution in [0.15, 0.2) is 28.7 Å². The van der Waals surface area contributed by atoms with Gasteiger partial charge in [0.1, 0.15) is 11.6 Å². The lowest BCUT2D eigenvalue weighted by Gasteiger charge is -2.26. The second kappa shape index (κ2) is 4.90. The van der Waals surface area contributed by atoms with E-state index in [0.29, 0.717) is 28.8 Å². The number of carbonyl (C=O) groups is 1. The van der Waals surface area contributed by atoms with Crippen molar-refractivity contribution in [1.82, 2.24) is 9.78 Å². The predicted octanol–water partition coefficient (Wildman–Crippen LogP) is 2.29. The van der Waals surface area contributed by atoms with E-state index < -0.39 is 5.91 Å². The number of benzene rings is 1. The Labute approximate surface area is 123 Å². The van der Waals surface area contributed by atoms with Crippen LogP contribution in [0, 0.1) is 5.82 Å². The molecule has 2 aromatic rings. The van der Waals surface area contributed by atoms with E-state index in [1.54, 1.807) is 22.9 Å². The normalized spacial score (nSPS) is 17.4. The summed E-state index contributed by atoms with van der Waals surface area (Å²) in [7, 11) is 0. The summed E-state index contributed by atoms with van der Waals surface area (Å²) < 4.78 is 16.1. The summed E-state index contributed by atoms with van der Waals surface area (Å²) >= 11 is 3.32. The molecule has 7 heteroatoms. The van der Waals surface area contributed by atoms with Crippen molar-refractivity contribution in [1.29, 1.82) is 0 Å². The second-order valence-electron chi connectivity index (χ2n) is 4.57. The largest absolute Gasteiger partial charge is 0.369 e. The maximum atomic E-state index is 14.0. The van der Waals surface area contributed by atoms with Crippen LogP contribution in [0.3, 0.4) is 0 Å². The van der Waals surface area contributed by atoms with E-state index >= 15 is 0 Å². The highest BCUT2D eigenvalue weighted by atomic mass is 79.9. The molecule has 1 atom stereocenters. The molecule has 1 aliphatic heterocycles. The Morgan fingerprint density at radius 1 is 1.50 bits per heavy atom. The topological polar surface area (TPSA) is 72.9 Å². The van der Waals surface area contributed by atoms with Gasteiger partial charge in [-0.15, -0.1) is 0 Å². The van der Waals surface area contributed by atoms with Crippen molar-refractivity contribution in [3.63, 3.8) is 0 Å². The summed E-state index contributed by atoms with van der Waals surface area (Å²) in [5, 5.41) is 7.36. The number of primary amides is 1. The predicted molar refractivity (Wildman–Crippen MR) is 76.1 cm³/mol. The van der Waals surface area contributed by atoms with Crippen LogP contribution in [0.2, 0.25) is 0 Å². The molecule has 1 unspecified atom stereocenters. The first-order valence-corrected chi connectivity index (χ1v) is 6.95. The standard InChI is InChI=1S/C13H12BrFN4O/c14-10-11(12(16)20)18-19-9(5-6-17-13(10)19)7-3-1-2-4-8(7)15/h1-4,9,17H,5-6H2,(H2,16,20). The van der Waals surface area contributed by atoms with E-state index in [2.05, 4.69) is 26.3 Å². The molecule has 0 fully saturated rings. The fraction of sp³-hybridized carbons (Fsp3) is 0.231. The van der Waals surface area contributed by atoms with Gasteiger partial charge in [0.15, 0.2) is 5.69 Å². The number of rotatable bonds is 2. The van der Waals surface area contributed by atoms with Gasteiger partial charge in [-0.3, -0.25) is 4.79 Å². The Balaban J connectivity index is 2.13. The molecule has 0 saturated heterocycles. The molecule has 0 saturated carbocycles. The molecule has 0 radical (unpaired) electrons. The molecule has 2 heterocycles. The lowest BCUT2D eigenvalue weighted by molar-refractivity contribution is 0.0994. The molecule has 0 aliphatic carbocycles. The lowest BCUT2D eigenvalue weighted by atomic mass is 10.0. The highest BCUT2D eigenvalue weighted by Gasteiger charge is 2.29. The summed E-state index contributed by atoms with van der Waals surface area (Å²) in [6, 6.07) is 6.33. The second-order valence-corrected chi connectivity index (χ2v) is 5.37. The number of hydrogen-bond donors (Lipinski definition) is 2. The van der Waals surface area contributed by atoms with Crippen LogP contribution in [0.5, 0.6) is 0 Å². The highest BCUT2D eigenvalue weighted by Crippen LogP contribution is 2.36. The van der Waals surface area contributed by atoms with Crippen molar-refractivity contribution in [3.8, 4) is 0 Å². The number of amides is 1. The summed E-state index contributed by atoms with van der Waals surface area (Å²) in [5.41, 5.74) is 6.00. The van der Waals surface area contributed by atoms with Gasteiger partial charge in [0.25, 0.3) is 5.91 Å². The van der Waals surface area contributed by atoms with Crippen LogP contribution in [0.25, 0.3) is 0 Å². The fourth-order valence-corrected chi connectivity index (χ4v) is 3.03. The van der Waals surface area contributed by atoms with Crippen molar-refractivity contribution in [2.24, 2.45) is 5.73 Å². The van der Waals surface area contributed by atoms with Gasteiger partial charge in [0, 0.05) is 12.1 Å². The molecule has 1 aromatic carbocycles. The minimum Gasteiger partial charge on any atom is -0.369 e. The molecule has 0 spiro atoms. The third kappa shape index (κ3) is 1.98. The molecule has 5 nitrogen and oxygen atoms in total. The summed E-state index contributed by atoms with van der Waals surface area (Å²) in [4.78, 5) is 11.4. The van der Waals surface area contributed by atoms with Gasteiger partial charge < -0.3 is 11.1 Å². The Hall–Kier alpha value is -1.89. The molecule has 0 bridgehead atoms. The maximum absolute atomic E-state index is 14.0. The van der Waals surface area contributed by atoms with Crippen molar-refractivity contribution in [2.45, 2.75) is 12.5 Å². The molecule has 1 amide bonds. The van der Waals surface area contributed by atoms with Gasteiger partial charge in [0.2, 0.25) is 0 Å². The van der Waals surface area contributed by atoms with E-state index in [9.17, 15) is 9.18 Å². The minimum absolute atomic E-state index is 0.149. The van der Waals surface area contributed by atoms with E-state index in [-0.39, 0.29) is 17.6 Å². The van der Waals surface area contributed by atoms with Gasteiger partial charge in [-0.1, -0.05) is 18.2 Å². The first kappa shape index (κ1) is 13.1. The molecule has 104 valence electrons. The van der Waals surface area contributed by atoms with Crippen LogP contribution >= 0.6 is 15.9 Å². The molecular formula is C13H12BrFN4O. The molecule has 20 heavy (non-hydrogen) atoms. The number of nitrogens with zero attached hydrogens (tertiary/aromatic N) is 2. The number of nitrogens with two attached hydrogens (primary N) is 1. The zero-order valence-electron chi connectivity index (χ0n) is 10.4. The number of nitrogens with one attached hydrogen (secondary N) is 1. The summed E-state index contributed by atoms with van der Waals surface area (Å²) in [6.45, 7) is 0.668. The van der Waals surface area contributed by atoms with Gasteiger partial charge in [-0.2, -0.15) is 5.10 Å². The number of fused-ring (bicyclic) bond motifs is 1. The summed E-state index contributed by atoms with van der Waals surface area (Å²) in [5.74, 6) is -0.247. The van der Waals surface area contributed by atoms with Gasteiger partial charge in [0.05, 0.1) is 10.5 Å². The Bertz CT molecular complexity index is 685. The van der Waals surface area contributed by atoms with E-state index in [1.165, 1.54) is 6.07 Å². The average molecular weight is 339 g/mol. The molecule has 3 rings (SSSR count). The third-order valence-electron chi connectivity index (χ3n) is 3.36. The smallest absolute Gasteiger partial charge is 0.270 e. The quantitative estimate of drug-likeness (QED) is 0.882. The van der Waals surface area contributed by atoms with Gasteiger partial charge >= 0.3 is 0 Å². The van der Waals surface area contributed by atoms with Gasteiger partial charge in [-0.05, 0) is 28.4 Å². The monoisotopic (exact) mass is 338 g/mol. The Morgan fingerprint density at radius 2 is 2.25 bits per heavy atom. The number of aromatic nitrogens is 2. The van der Waals surface area contributed by atoms with E-state index in [4.69, 9.17) is 5.73 Å². The molecular weight excluding hydrogens is 327 g/mol. The highest BCUT2D eigenvalue weighted by molar-refractivity contribution is 9.10. The number of hydrogen-bond acceptors (Lipinski definition) is 3.